The Morgan fingerprint density at radius 3 is 2.28 bits per heavy atom. The Morgan fingerprint density at radius 1 is 1.33 bits per heavy atom. The number of carbonyl (C=O) groups is 2. The largest absolute Gasteiger partial charge is 0.458 e. The highest BCUT2D eigenvalue weighted by atomic mass is 16.6. The van der Waals surface area contributed by atoms with Gasteiger partial charge in [0.15, 0.2) is 0 Å². The van der Waals surface area contributed by atoms with Gasteiger partial charge in [0.25, 0.3) is 5.91 Å². The molecule has 1 amide bonds. The van der Waals surface area contributed by atoms with E-state index in [2.05, 4.69) is 11.8 Å². The van der Waals surface area contributed by atoms with Crippen LogP contribution in [0.25, 0.3) is 0 Å². The first-order valence-corrected chi connectivity index (χ1v) is 6.24. The molecule has 0 heterocycles. The third-order valence-electron chi connectivity index (χ3n) is 2.57. The summed E-state index contributed by atoms with van der Waals surface area (Å²) >= 11 is 0. The molecule has 0 N–H and O–H groups in total. The molecule has 0 radical (unpaired) electrons. The first-order chi connectivity index (χ1) is 8.26. The van der Waals surface area contributed by atoms with Gasteiger partial charge in [-0.25, -0.2) is 4.79 Å². The highest BCUT2D eigenvalue weighted by molar-refractivity contribution is 5.96. The zero-order chi connectivity index (χ0) is 13.9. The van der Waals surface area contributed by atoms with Crippen molar-refractivity contribution in [2.24, 2.45) is 0 Å². The predicted molar refractivity (Wildman–Crippen MR) is 68.6 cm³/mol. The van der Waals surface area contributed by atoms with Gasteiger partial charge in [0, 0.05) is 6.04 Å². The lowest BCUT2D eigenvalue weighted by Gasteiger charge is -2.29. The van der Waals surface area contributed by atoms with Crippen LogP contribution in [0.2, 0.25) is 0 Å². The van der Waals surface area contributed by atoms with Crippen molar-refractivity contribution in [3.8, 4) is 11.8 Å². The highest BCUT2D eigenvalue weighted by Crippen LogP contribution is 2.29. The first kappa shape index (κ1) is 14.6. The van der Waals surface area contributed by atoms with E-state index in [0.29, 0.717) is 0 Å². The minimum atomic E-state index is -0.579. The minimum Gasteiger partial charge on any atom is -0.458 e. The van der Waals surface area contributed by atoms with Crippen molar-refractivity contribution in [1.29, 1.82) is 0 Å². The van der Waals surface area contributed by atoms with Gasteiger partial charge in [0.05, 0.1) is 0 Å². The van der Waals surface area contributed by atoms with Crippen molar-refractivity contribution in [3.63, 3.8) is 0 Å². The van der Waals surface area contributed by atoms with Crippen LogP contribution in [0, 0.1) is 11.8 Å². The molecule has 1 aliphatic rings. The van der Waals surface area contributed by atoms with Crippen LogP contribution in [0.1, 0.15) is 47.5 Å². The average Bonchev–Trinajstić information content (AvgIpc) is 2.99. The Morgan fingerprint density at radius 2 is 1.89 bits per heavy atom. The summed E-state index contributed by atoms with van der Waals surface area (Å²) in [5, 5.41) is 0. The molecule has 4 nitrogen and oxygen atoms in total. The van der Waals surface area contributed by atoms with Crippen molar-refractivity contribution in [3.05, 3.63) is 0 Å². The van der Waals surface area contributed by atoms with Crippen LogP contribution >= 0.6 is 0 Å². The molecule has 1 fully saturated rings. The van der Waals surface area contributed by atoms with E-state index in [4.69, 9.17) is 4.74 Å². The van der Waals surface area contributed by atoms with Gasteiger partial charge in [0.2, 0.25) is 0 Å². The van der Waals surface area contributed by atoms with E-state index in [0.717, 1.165) is 12.8 Å². The molecule has 0 saturated heterocycles. The molecule has 1 aliphatic carbocycles. The van der Waals surface area contributed by atoms with Crippen molar-refractivity contribution in [2.75, 3.05) is 0 Å². The number of ether oxygens (including phenoxy) is 1. The maximum absolute atomic E-state index is 12.0. The lowest BCUT2D eigenvalue weighted by Crippen LogP contribution is -2.46. The highest BCUT2D eigenvalue weighted by Gasteiger charge is 2.39. The normalized spacial score (nSPS) is 16.3. The van der Waals surface area contributed by atoms with Crippen LogP contribution in [-0.4, -0.2) is 34.5 Å². The molecule has 0 aromatic carbocycles. The Balaban J connectivity index is 2.76. The average molecular weight is 251 g/mol. The van der Waals surface area contributed by atoms with Gasteiger partial charge in [-0.3, -0.25) is 4.79 Å². The fourth-order valence-corrected chi connectivity index (χ4v) is 1.68. The third-order valence-corrected chi connectivity index (χ3v) is 2.57. The second-order valence-corrected chi connectivity index (χ2v) is 5.53. The molecular weight excluding hydrogens is 230 g/mol. The first-order valence-electron chi connectivity index (χ1n) is 6.24. The van der Waals surface area contributed by atoms with E-state index in [9.17, 15) is 9.59 Å². The Hall–Kier alpha value is -1.50. The Labute approximate surface area is 109 Å². The number of carbonyl (C=O) groups excluding carboxylic acids is 2. The standard InChI is InChI=1S/C14H21NO3/c1-6-7-12(16)15(11-8-9-11)10(2)13(17)18-14(3,4)5/h10-11H,8-9H2,1-5H3. The molecule has 1 unspecified atom stereocenters. The quantitative estimate of drug-likeness (QED) is 0.567. The second kappa shape index (κ2) is 5.43. The molecule has 0 bridgehead atoms. The smallest absolute Gasteiger partial charge is 0.329 e. The number of rotatable bonds is 3. The van der Waals surface area contributed by atoms with E-state index >= 15 is 0 Å². The fourth-order valence-electron chi connectivity index (χ4n) is 1.68. The molecule has 1 atom stereocenters. The summed E-state index contributed by atoms with van der Waals surface area (Å²) in [5.41, 5.74) is -0.542. The molecule has 100 valence electrons. The minimum absolute atomic E-state index is 0.140. The molecule has 0 spiro atoms. The van der Waals surface area contributed by atoms with Gasteiger partial charge in [-0.05, 0) is 53.4 Å². The van der Waals surface area contributed by atoms with Crippen molar-refractivity contribution >= 4 is 11.9 Å². The molecule has 1 rings (SSSR count). The predicted octanol–water partition coefficient (Wildman–Crippen LogP) is 1.73. The number of hydrogen-bond acceptors (Lipinski definition) is 3. The van der Waals surface area contributed by atoms with Crippen LogP contribution in [0.15, 0.2) is 0 Å². The molecule has 4 heteroatoms. The van der Waals surface area contributed by atoms with Crippen molar-refractivity contribution in [1.82, 2.24) is 4.90 Å². The van der Waals surface area contributed by atoms with Gasteiger partial charge in [0.1, 0.15) is 11.6 Å². The number of esters is 1. The zero-order valence-corrected chi connectivity index (χ0v) is 11.7. The summed E-state index contributed by atoms with van der Waals surface area (Å²) < 4.78 is 5.31. The van der Waals surface area contributed by atoms with Gasteiger partial charge in [-0.2, -0.15) is 0 Å². The SMILES string of the molecule is CC#CC(=O)N(C1CC1)C(C)C(=O)OC(C)(C)C. The Bertz CT molecular complexity index is 393. The summed E-state index contributed by atoms with van der Waals surface area (Å²) in [5.74, 6) is 4.41. The van der Waals surface area contributed by atoms with Gasteiger partial charge < -0.3 is 9.64 Å². The summed E-state index contributed by atoms with van der Waals surface area (Å²) in [6.07, 6.45) is 1.87. The lowest BCUT2D eigenvalue weighted by atomic mass is 10.2. The number of hydrogen-bond donors (Lipinski definition) is 0. The van der Waals surface area contributed by atoms with E-state index in [1.807, 2.05) is 20.8 Å². The van der Waals surface area contributed by atoms with Gasteiger partial charge >= 0.3 is 5.97 Å². The molecule has 0 aromatic rings. The zero-order valence-electron chi connectivity index (χ0n) is 11.7. The summed E-state index contributed by atoms with van der Waals surface area (Å²) in [6.45, 7) is 8.75. The molecule has 0 aromatic heterocycles. The van der Waals surface area contributed by atoms with Crippen LogP contribution in [0.3, 0.4) is 0 Å². The number of amides is 1. The summed E-state index contributed by atoms with van der Waals surface area (Å²) in [6, 6.07) is -0.439. The molecular formula is C14H21NO3. The van der Waals surface area contributed by atoms with Gasteiger partial charge in [-0.1, -0.05) is 5.92 Å². The van der Waals surface area contributed by atoms with Crippen LogP contribution in [0.5, 0.6) is 0 Å². The maximum atomic E-state index is 12.0. The van der Waals surface area contributed by atoms with Crippen LogP contribution in [0.4, 0.5) is 0 Å². The molecule has 0 aliphatic heterocycles. The lowest BCUT2D eigenvalue weighted by molar-refractivity contribution is -0.163. The van der Waals surface area contributed by atoms with Gasteiger partial charge in [-0.15, -0.1) is 0 Å². The maximum Gasteiger partial charge on any atom is 0.329 e. The van der Waals surface area contributed by atoms with Crippen molar-refractivity contribution < 1.29 is 14.3 Å². The molecule has 1 saturated carbocycles. The monoisotopic (exact) mass is 251 g/mol. The van der Waals surface area contributed by atoms with E-state index in [-0.39, 0.29) is 17.9 Å². The van der Waals surface area contributed by atoms with Crippen molar-refractivity contribution in [2.45, 2.75) is 65.1 Å². The summed E-state index contributed by atoms with van der Waals surface area (Å²) in [4.78, 5) is 25.4. The number of nitrogens with zero attached hydrogens (tertiary/aromatic N) is 1. The summed E-state index contributed by atoms with van der Waals surface area (Å²) in [7, 11) is 0. The molecule has 18 heavy (non-hydrogen) atoms. The fraction of sp³-hybridized carbons (Fsp3) is 0.714. The van der Waals surface area contributed by atoms with Crippen LogP contribution in [-0.2, 0) is 14.3 Å². The topological polar surface area (TPSA) is 46.6 Å². The third kappa shape index (κ3) is 4.06. The van der Waals surface area contributed by atoms with Crippen LogP contribution < -0.4 is 0 Å². The van der Waals surface area contributed by atoms with E-state index in [1.165, 1.54) is 0 Å². The van der Waals surface area contributed by atoms with E-state index in [1.54, 1.807) is 18.7 Å². The second-order valence-electron chi connectivity index (χ2n) is 5.53. The van der Waals surface area contributed by atoms with E-state index < -0.39 is 11.6 Å². The Kier molecular flexibility index (Phi) is 4.39.